The minimum Gasteiger partial charge on any atom is -0.315 e. The summed E-state index contributed by atoms with van der Waals surface area (Å²) in [6.07, 6.45) is 1.03. The molecule has 1 atom stereocenters. The minimum absolute atomic E-state index is 0.108. The number of hydrogen-bond acceptors (Lipinski definition) is 7. The first-order valence-corrected chi connectivity index (χ1v) is 11.0. The second-order valence-electron chi connectivity index (χ2n) is 4.40. The Morgan fingerprint density at radius 1 is 1.30 bits per heavy atom. The summed E-state index contributed by atoms with van der Waals surface area (Å²) in [5.41, 5.74) is 0.241. The zero-order valence-electron chi connectivity index (χ0n) is 10.8. The minimum atomic E-state index is -3.98. The third kappa shape index (κ3) is 2.96. The van der Waals surface area contributed by atoms with Gasteiger partial charge in [0.2, 0.25) is 0 Å². The molecule has 2 heterocycles. The zero-order chi connectivity index (χ0) is 15.1. The number of nitrogens with one attached hydrogen (secondary N) is 1. The van der Waals surface area contributed by atoms with Crippen LogP contribution in [-0.2, 0) is 19.9 Å². The summed E-state index contributed by atoms with van der Waals surface area (Å²) in [7, 11) is -7.51. The van der Waals surface area contributed by atoms with E-state index in [0.717, 1.165) is 10.6 Å². The van der Waals surface area contributed by atoms with Crippen LogP contribution in [0.3, 0.4) is 0 Å². The standard InChI is InChI=1S/C9H14N2O5S4/c1-6-8(18-9(12)10-6)20(15,16)11-3-4-17-5-7(11)19(2,13)14/h7H,3-5H2,1-2H3,(H,10,12). The second kappa shape index (κ2) is 5.44. The lowest BCUT2D eigenvalue weighted by Crippen LogP contribution is -2.49. The molecule has 20 heavy (non-hydrogen) atoms. The van der Waals surface area contributed by atoms with Crippen molar-refractivity contribution < 1.29 is 16.8 Å². The molecule has 0 spiro atoms. The van der Waals surface area contributed by atoms with Gasteiger partial charge in [0.05, 0.1) is 0 Å². The number of rotatable bonds is 3. The van der Waals surface area contributed by atoms with Gasteiger partial charge in [-0.25, -0.2) is 16.8 Å². The fraction of sp³-hybridized carbons (Fsp3) is 0.667. The maximum Gasteiger partial charge on any atom is 0.305 e. The van der Waals surface area contributed by atoms with Crippen molar-refractivity contribution in [2.75, 3.05) is 24.3 Å². The van der Waals surface area contributed by atoms with E-state index in [4.69, 9.17) is 0 Å². The summed E-state index contributed by atoms with van der Waals surface area (Å²) < 4.78 is 49.6. The van der Waals surface area contributed by atoms with Crippen LogP contribution in [0.4, 0.5) is 0 Å². The molecule has 0 bridgehead atoms. The Balaban J connectivity index is 2.52. The molecule has 1 unspecified atom stereocenters. The van der Waals surface area contributed by atoms with Crippen LogP contribution in [0.2, 0.25) is 0 Å². The van der Waals surface area contributed by atoms with Gasteiger partial charge in [0, 0.05) is 30.0 Å². The lowest BCUT2D eigenvalue weighted by molar-refractivity contribution is 0.405. The monoisotopic (exact) mass is 358 g/mol. The van der Waals surface area contributed by atoms with Crippen molar-refractivity contribution in [3.8, 4) is 0 Å². The van der Waals surface area contributed by atoms with Crippen LogP contribution in [0.5, 0.6) is 0 Å². The van der Waals surface area contributed by atoms with Gasteiger partial charge < -0.3 is 4.98 Å². The topological polar surface area (TPSA) is 104 Å². The number of sulfone groups is 1. The lowest BCUT2D eigenvalue weighted by Gasteiger charge is -2.32. The van der Waals surface area contributed by atoms with Gasteiger partial charge in [-0.15, -0.1) is 0 Å². The molecule has 1 aromatic rings. The third-order valence-corrected chi connectivity index (χ3v) is 9.12. The molecule has 0 radical (unpaired) electrons. The molecule has 1 aromatic heterocycles. The molecule has 0 amide bonds. The number of H-pyrrole nitrogens is 1. The molecule has 0 saturated carbocycles. The van der Waals surface area contributed by atoms with Crippen molar-refractivity contribution in [1.82, 2.24) is 9.29 Å². The summed E-state index contributed by atoms with van der Waals surface area (Å²) in [6, 6.07) is 0. The summed E-state index contributed by atoms with van der Waals surface area (Å²) in [5, 5.41) is -1.08. The molecule has 0 aliphatic carbocycles. The van der Waals surface area contributed by atoms with E-state index in [2.05, 4.69) is 4.98 Å². The quantitative estimate of drug-likeness (QED) is 0.806. The Morgan fingerprint density at radius 2 is 1.95 bits per heavy atom. The lowest BCUT2D eigenvalue weighted by atomic mass is 10.6. The molecular weight excluding hydrogens is 344 g/mol. The van der Waals surface area contributed by atoms with Crippen molar-refractivity contribution in [2.45, 2.75) is 16.5 Å². The predicted molar refractivity (Wildman–Crippen MR) is 79.5 cm³/mol. The Labute approximate surface area is 125 Å². The molecule has 1 fully saturated rings. The number of thiazole rings is 1. The first kappa shape index (κ1) is 16.0. The van der Waals surface area contributed by atoms with Crippen LogP contribution < -0.4 is 4.87 Å². The molecule has 1 N–H and O–H groups in total. The average molecular weight is 358 g/mol. The normalized spacial score (nSPS) is 22.0. The van der Waals surface area contributed by atoms with E-state index in [0.29, 0.717) is 17.1 Å². The largest absolute Gasteiger partial charge is 0.315 e. The summed E-state index contributed by atoms with van der Waals surface area (Å²) >= 11 is 1.99. The van der Waals surface area contributed by atoms with E-state index >= 15 is 0 Å². The highest BCUT2D eigenvalue weighted by Crippen LogP contribution is 2.29. The van der Waals surface area contributed by atoms with Crippen LogP contribution in [0, 0.1) is 6.92 Å². The van der Waals surface area contributed by atoms with E-state index in [-0.39, 0.29) is 22.2 Å². The highest BCUT2D eigenvalue weighted by molar-refractivity contribution is 8.01. The van der Waals surface area contributed by atoms with Crippen molar-refractivity contribution >= 4 is 43.0 Å². The highest BCUT2D eigenvalue weighted by atomic mass is 32.2. The van der Waals surface area contributed by atoms with Crippen molar-refractivity contribution in [3.05, 3.63) is 15.4 Å². The first-order chi connectivity index (χ1) is 9.14. The van der Waals surface area contributed by atoms with Gasteiger partial charge in [-0.05, 0) is 6.92 Å². The van der Waals surface area contributed by atoms with Gasteiger partial charge in [0.15, 0.2) is 14.0 Å². The molecule has 0 aromatic carbocycles. The fourth-order valence-corrected chi connectivity index (χ4v) is 8.50. The van der Waals surface area contributed by atoms with E-state index in [1.165, 1.54) is 18.7 Å². The number of nitrogens with zero attached hydrogens (tertiary/aromatic N) is 1. The van der Waals surface area contributed by atoms with Gasteiger partial charge in [-0.1, -0.05) is 11.3 Å². The Bertz CT molecular complexity index is 761. The van der Waals surface area contributed by atoms with Crippen molar-refractivity contribution in [1.29, 1.82) is 0 Å². The van der Waals surface area contributed by atoms with Crippen LogP contribution in [0.25, 0.3) is 0 Å². The molecular formula is C9H14N2O5S4. The molecule has 2 rings (SSSR count). The maximum absolute atomic E-state index is 12.6. The molecule has 1 aliphatic heterocycles. The molecule has 11 heteroatoms. The van der Waals surface area contributed by atoms with Crippen LogP contribution in [0.15, 0.2) is 9.00 Å². The summed E-state index contributed by atoms with van der Waals surface area (Å²) in [6.45, 7) is 1.61. The van der Waals surface area contributed by atoms with Crippen LogP contribution in [0.1, 0.15) is 5.69 Å². The molecule has 1 aliphatic rings. The number of aromatic nitrogens is 1. The highest BCUT2D eigenvalue weighted by Gasteiger charge is 2.40. The summed E-state index contributed by atoms with van der Waals surface area (Å²) in [4.78, 5) is 13.2. The van der Waals surface area contributed by atoms with E-state index in [1.807, 2.05) is 0 Å². The number of thioether (sulfide) groups is 1. The Hall–Kier alpha value is -0.360. The smallest absolute Gasteiger partial charge is 0.305 e. The Morgan fingerprint density at radius 3 is 2.45 bits per heavy atom. The van der Waals surface area contributed by atoms with Crippen LogP contribution in [-0.4, -0.2) is 55.8 Å². The molecule has 7 nitrogen and oxygen atoms in total. The van der Waals surface area contributed by atoms with Gasteiger partial charge in [0.25, 0.3) is 10.0 Å². The van der Waals surface area contributed by atoms with Crippen molar-refractivity contribution in [2.24, 2.45) is 0 Å². The zero-order valence-corrected chi connectivity index (χ0v) is 14.1. The van der Waals surface area contributed by atoms with Crippen LogP contribution >= 0.6 is 23.1 Å². The number of aryl methyl sites for hydroxylation is 1. The Kier molecular flexibility index (Phi) is 4.36. The second-order valence-corrected chi connectivity index (χ2v) is 10.8. The average Bonchev–Trinajstić information content (AvgIpc) is 2.68. The first-order valence-electron chi connectivity index (χ1n) is 5.62. The van der Waals surface area contributed by atoms with Gasteiger partial charge in [-0.3, -0.25) is 4.79 Å². The van der Waals surface area contributed by atoms with E-state index in [1.54, 1.807) is 0 Å². The number of aromatic amines is 1. The number of sulfonamides is 1. The van der Waals surface area contributed by atoms with Gasteiger partial charge >= 0.3 is 4.87 Å². The van der Waals surface area contributed by atoms with Gasteiger partial charge in [-0.2, -0.15) is 16.1 Å². The third-order valence-electron chi connectivity index (χ3n) is 2.86. The SMILES string of the molecule is Cc1[nH]c(=O)sc1S(=O)(=O)N1CCSCC1S(C)(=O)=O. The molecule has 114 valence electrons. The van der Waals surface area contributed by atoms with E-state index < -0.39 is 30.1 Å². The maximum atomic E-state index is 12.6. The fourth-order valence-electron chi connectivity index (χ4n) is 1.92. The molecule has 1 saturated heterocycles. The van der Waals surface area contributed by atoms with E-state index in [9.17, 15) is 21.6 Å². The van der Waals surface area contributed by atoms with Gasteiger partial charge in [0.1, 0.15) is 5.37 Å². The predicted octanol–water partition coefficient (Wildman–Crippen LogP) is -0.147. The summed E-state index contributed by atoms with van der Waals surface area (Å²) in [5.74, 6) is 0.736. The van der Waals surface area contributed by atoms with Crippen molar-refractivity contribution in [3.63, 3.8) is 0 Å². The number of hydrogen-bond donors (Lipinski definition) is 1.